The zero-order valence-electron chi connectivity index (χ0n) is 14.7. The first-order valence-corrected chi connectivity index (χ1v) is 9.27. The van der Waals surface area contributed by atoms with Crippen molar-refractivity contribution in [3.63, 3.8) is 0 Å². The van der Waals surface area contributed by atoms with Gasteiger partial charge in [0.25, 0.3) is 0 Å². The molecule has 0 unspecified atom stereocenters. The summed E-state index contributed by atoms with van der Waals surface area (Å²) in [7, 11) is 0. The molecule has 0 aliphatic carbocycles. The quantitative estimate of drug-likeness (QED) is 0.669. The first-order chi connectivity index (χ1) is 12.6. The lowest BCUT2D eigenvalue weighted by atomic mass is 9.95. The molecule has 0 bridgehead atoms. The average molecular weight is 384 g/mol. The van der Waals surface area contributed by atoms with Gasteiger partial charge in [0.05, 0.1) is 12.6 Å². The number of rotatable bonds is 5. The van der Waals surface area contributed by atoms with Gasteiger partial charge in [-0.25, -0.2) is 0 Å². The molecule has 2 aromatic rings. The second-order valence-corrected chi connectivity index (χ2v) is 6.71. The third-order valence-corrected chi connectivity index (χ3v) is 4.61. The van der Waals surface area contributed by atoms with E-state index in [1.165, 1.54) is 0 Å². The Hall–Kier alpha value is -2.44. The highest BCUT2D eigenvalue weighted by Gasteiger charge is 2.27. The van der Waals surface area contributed by atoms with Crippen LogP contribution in [0.15, 0.2) is 65.9 Å². The van der Waals surface area contributed by atoms with Gasteiger partial charge in [0.15, 0.2) is 5.11 Å². The molecule has 6 heteroatoms. The zero-order chi connectivity index (χ0) is 18.5. The van der Waals surface area contributed by atoms with Crippen LogP contribution in [-0.4, -0.2) is 16.7 Å². The van der Waals surface area contributed by atoms with Crippen LogP contribution in [0, 0.1) is 0 Å². The van der Waals surface area contributed by atoms with Crippen molar-refractivity contribution in [2.75, 3.05) is 11.9 Å². The SMILES string of the molecule is CCOc1ccc([C@H]2NC(=S)NC(C)=C2C(=S)Nc2ccccc2)cc1. The van der Waals surface area contributed by atoms with Gasteiger partial charge in [-0.1, -0.05) is 42.5 Å². The smallest absolute Gasteiger partial charge is 0.171 e. The van der Waals surface area contributed by atoms with Crippen LogP contribution in [0.3, 0.4) is 0 Å². The highest BCUT2D eigenvalue weighted by atomic mass is 32.1. The third kappa shape index (κ3) is 4.20. The van der Waals surface area contributed by atoms with Crippen molar-refractivity contribution < 1.29 is 4.74 Å². The minimum absolute atomic E-state index is 0.122. The monoisotopic (exact) mass is 383 g/mol. The van der Waals surface area contributed by atoms with Gasteiger partial charge in [-0.3, -0.25) is 0 Å². The predicted molar refractivity (Wildman–Crippen MR) is 115 cm³/mol. The van der Waals surface area contributed by atoms with Gasteiger partial charge in [0.2, 0.25) is 0 Å². The van der Waals surface area contributed by atoms with Crippen molar-refractivity contribution in [3.05, 3.63) is 71.4 Å². The van der Waals surface area contributed by atoms with E-state index in [0.717, 1.165) is 28.3 Å². The molecule has 1 heterocycles. The van der Waals surface area contributed by atoms with Gasteiger partial charge < -0.3 is 20.7 Å². The molecule has 1 atom stereocenters. The van der Waals surface area contributed by atoms with Crippen molar-refractivity contribution in [1.82, 2.24) is 10.6 Å². The van der Waals surface area contributed by atoms with Crippen LogP contribution in [0.5, 0.6) is 5.75 Å². The fourth-order valence-corrected chi connectivity index (χ4v) is 3.55. The lowest BCUT2D eigenvalue weighted by molar-refractivity contribution is 0.340. The molecular formula is C20H21N3OS2. The Morgan fingerprint density at radius 2 is 1.81 bits per heavy atom. The van der Waals surface area contributed by atoms with Crippen LogP contribution in [0.1, 0.15) is 25.5 Å². The van der Waals surface area contributed by atoms with Gasteiger partial charge in [0, 0.05) is 17.0 Å². The Morgan fingerprint density at radius 3 is 2.46 bits per heavy atom. The summed E-state index contributed by atoms with van der Waals surface area (Å²) in [6, 6.07) is 17.8. The molecule has 1 aliphatic heterocycles. The van der Waals surface area contributed by atoms with E-state index >= 15 is 0 Å². The molecule has 0 amide bonds. The minimum Gasteiger partial charge on any atom is -0.494 e. The van der Waals surface area contributed by atoms with Gasteiger partial charge in [-0.15, -0.1) is 0 Å². The normalized spacial score (nSPS) is 16.5. The molecule has 1 aliphatic rings. The molecular weight excluding hydrogens is 362 g/mol. The molecule has 0 aromatic heterocycles. The van der Waals surface area contributed by atoms with Crippen molar-refractivity contribution in [1.29, 1.82) is 0 Å². The maximum Gasteiger partial charge on any atom is 0.171 e. The average Bonchev–Trinajstić information content (AvgIpc) is 2.62. The van der Waals surface area contributed by atoms with Crippen LogP contribution in [-0.2, 0) is 0 Å². The molecule has 2 aromatic carbocycles. The van der Waals surface area contributed by atoms with Gasteiger partial charge in [-0.05, 0) is 55.9 Å². The highest BCUT2D eigenvalue weighted by molar-refractivity contribution is 7.81. The molecule has 0 radical (unpaired) electrons. The van der Waals surface area contributed by atoms with Crippen LogP contribution in [0.2, 0.25) is 0 Å². The Bertz CT molecular complexity index is 832. The lowest BCUT2D eigenvalue weighted by Crippen LogP contribution is -2.45. The summed E-state index contributed by atoms with van der Waals surface area (Å²) in [6.45, 7) is 4.60. The molecule has 3 rings (SSSR count). The summed E-state index contributed by atoms with van der Waals surface area (Å²) >= 11 is 11.1. The lowest BCUT2D eigenvalue weighted by Gasteiger charge is -2.31. The molecule has 134 valence electrons. The van der Waals surface area contributed by atoms with Crippen LogP contribution in [0.4, 0.5) is 5.69 Å². The number of ether oxygens (including phenoxy) is 1. The number of thiocarbonyl (C=S) groups is 2. The Kier molecular flexibility index (Phi) is 5.85. The summed E-state index contributed by atoms with van der Waals surface area (Å²) in [5.41, 5.74) is 3.95. The second kappa shape index (κ2) is 8.29. The number of anilines is 1. The first-order valence-electron chi connectivity index (χ1n) is 8.46. The molecule has 0 saturated heterocycles. The standard InChI is InChI=1S/C20H21N3OS2/c1-3-24-16-11-9-14(10-12-16)18-17(13(2)21-20(26)23-18)19(25)22-15-7-5-4-6-8-15/h4-12,18H,3H2,1-2H3,(H,22,25)(H2,21,23,26)/t18-/m1/s1. The van der Waals surface area contributed by atoms with Gasteiger partial charge in [0.1, 0.15) is 10.7 Å². The fraction of sp³-hybridized carbons (Fsp3) is 0.200. The van der Waals surface area contributed by atoms with E-state index in [1.54, 1.807) is 0 Å². The van der Waals surface area contributed by atoms with Crippen LogP contribution < -0.4 is 20.7 Å². The van der Waals surface area contributed by atoms with Crippen LogP contribution >= 0.6 is 24.4 Å². The van der Waals surface area contributed by atoms with E-state index < -0.39 is 0 Å². The predicted octanol–water partition coefficient (Wildman–Crippen LogP) is 4.32. The van der Waals surface area contributed by atoms with E-state index in [0.29, 0.717) is 16.7 Å². The Labute approximate surface area is 164 Å². The van der Waals surface area contributed by atoms with Crippen molar-refractivity contribution >= 4 is 40.2 Å². The van der Waals surface area contributed by atoms with Crippen molar-refractivity contribution in [2.45, 2.75) is 19.9 Å². The van der Waals surface area contributed by atoms with E-state index in [9.17, 15) is 0 Å². The molecule has 4 nitrogen and oxygen atoms in total. The largest absolute Gasteiger partial charge is 0.494 e. The topological polar surface area (TPSA) is 45.3 Å². The van der Waals surface area contributed by atoms with Crippen molar-refractivity contribution in [3.8, 4) is 5.75 Å². The number of benzene rings is 2. The van der Waals surface area contributed by atoms with E-state index in [2.05, 4.69) is 16.0 Å². The summed E-state index contributed by atoms with van der Waals surface area (Å²) in [5.74, 6) is 0.847. The number of para-hydroxylation sites is 1. The molecule has 0 saturated carbocycles. The first kappa shape index (κ1) is 18.4. The summed E-state index contributed by atoms with van der Waals surface area (Å²) < 4.78 is 5.54. The van der Waals surface area contributed by atoms with E-state index in [4.69, 9.17) is 29.2 Å². The van der Waals surface area contributed by atoms with E-state index in [1.807, 2.05) is 68.4 Å². The number of hydrogen-bond donors (Lipinski definition) is 3. The fourth-order valence-electron chi connectivity index (χ4n) is 2.89. The molecule has 0 spiro atoms. The highest BCUT2D eigenvalue weighted by Crippen LogP contribution is 2.29. The van der Waals surface area contributed by atoms with Crippen molar-refractivity contribution in [2.24, 2.45) is 0 Å². The summed E-state index contributed by atoms with van der Waals surface area (Å²) in [6.07, 6.45) is 0. The number of hydrogen-bond acceptors (Lipinski definition) is 3. The van der Waals surface area contributed by atoms with Crippen LogP contribution in [0.25, 0.3) is 0 Å². The molecule has 0 fully saturated rings. The summed E-state index contributed by atoms with van der Waals surface area (Å²) in [5, 5.41) is 10.4. The summed E-state index contributed by atoms with van der Waals surface area (Å²) in [4.78, 5) is 0.662. The molecule has 26 heavy (non-hydrogen) atoms. The van der Waals surface area contributed by atoms with Gasteiger partial charge in [-0.2, -0.15) is 0 Å². The number of nitrogens with one attached hydrogen (secondary N) is 3. The zero-order valence-corrected chi connectivity index (χ0v) is 16.3. The molecule has 3 N–H and O–H groups in total. The van der Waals surface area contributed by atoms with E-state index in [-0.39, 0.29) is 6.04 Å². The second-order valence-electron chi connectivity index (χ2n) is 5.89. The maximum atomic E-state index is 5.70. The third-order valence-electron chi connectivity index (χ3n) is 4.07. The maximum absolute atomic E-state index is 5.70. The van der Waals surface area contributed by atoms with Gasteiger partial charge >= 0.3 is 0 Å². The Balaban J connectivity index is 1.90. The number of allylic oxidation sites excluding steroid dienone is 1. The minimum atomic E-state index is -0.122. The Morgan fingerprint density at radius 1 is 1.12 bits per heavy atom.